The lowest BCUT2D eigenvalue weighted by Crippen LogP contribution is -2.24. The highest BCUT2D eigenvalue weighted by Crippen LogP contribution is 2.39. The number of nitrogens with zero attached hydrogens (tertiary/aromatic N) is 3. The molecule has 1 aliphatic heterocycles. The third-order valence-corrected chi connectivity index (χ3v) is 8.19. The van der Waals surface area contributed by atoms with Crippen molar-refractivity contribution in [2.45, 2.75) is 39.1 Å². The number of aldehydes is 1. The first-order valence-corrected chi connectivity index (χ1v) is 15.5. The van der Waals surface area contributed by atoms with Gasteiger partial charge in [0.15, 0.2) is 6.29 Å². The molecule has 1 atom stereocenters. The molecule has 1 saturated heterocycles. The number of β-amino-alcohol motifs (C(OH)–C–C–N with tert-alkyl or cyclic N) is 1. The molecule has 0 amide bonds. The van der Waals surface area contributed by atoms with Crippen LogP contribution in [0.3, 0.4) is 0 Å². The van der Waals surface area contributed by atoms with Crippen molar-refractivity contribution in [1.82, 2.24) is 9.88 Å². The lowest BCUT2D eigenvalue weighted by molar-refractivity contribution is 0.111. The van der Waals surface area contributed by atoms with Crippen LogP contribution in [0.25, 0.3) is 11.1 Å². The van der Waals surface area contributed by atoms with Gasteiger partial charge in [-0.2, -0.15) is 5.26 Å². The van der Waals surface area contributed by atoms with E-state index in [2.05, 4.69) is 16.0 Å². The Hall–Kier alpha value is -4.62. The molecular weight excluding hydrogens is 606 g/mol. The van der Waals surface area contributed by atoms with E-state index in [1.807, 2.05) is 43.3 Å². The average Bonchev–Trinajstić information content (AvgIpc) is 3.50. The van der Waals surface area contributed by atoms with E-state index in [-0.39, 0.29) is 29.9 Å². The zero-order chi connectivity index (χ0) is 32.5. The van der Waals surface area contributed by atoms with Crippen LogP contribution in [0.5, 0.6) is 23.0 Å². The number of benzene rings is 3. The number of aliphatic hydroxyl groups excluding tert-OH is 1. The maximum atomic E-state index is 11.8. The Morgan fingerprint density at radius 3 is 2.61 bits per heavy atom. The predicted octanol–water partition coefficient (Wildman–Crippen LogP) is 6.40. The second kappa shape index (κ2) is 15.6. The molecule has 2 heterocycles. The van der Waals surface area contributed by atoms with Crippen LogP contribution in [0.2, 0.25) is 5.02 Å². The van der Waals surface area contributed by atoms with Crippen LogP contribution in [0.4, 0.5) is 0 Å². The number of aliphatic hydroxyl groups is 1. The van der Waals surface area contributed by atoms with Crippen molar-refractivity contribution in [3.63, 3.8) is 0 Å². The first kappa shape index (κ1) is 32.8. The van der Waals surface area contributed by atoms with Crippen molar-refractivity contribution in [3.05, 3.63) is 99.8 Å². The Labute approximate surface area is 273 Å². The van der Waals surface area contributed by atoms with Gasteiger partial charge in [0, 0.05) is 54.8 Å². The molecule has 1 fully saturated rings. The van der Waals surface area contributed by atoms with E-state index in [0.717, 1.165) is 60.5 Å². The van der Waals surface area contributed by atoms with E-state index in [4.69, 9.17) is 35.8 Å². The van der Waals surface area contributed by atoms with Crippen LogP contribution in [0.15, 0.2) is 67.0 Å². The molecule has 1 aromatic heterocycles. The van der Waals surface area contributed by atoms with E-state index < -0.39 is 0 Å². The first-order valence-electron chi connectivity index (χ1n) is 15.1. The van der Waals surface area contributed by atoms with Crippen LogP contribution >= 0.6 is 11.6 Å². The summed E-state index contributed by atoms with van der Waals surface area (Å²) in [7, 11) is 1.63. The highest BCUT2D eigenvalue weighted by Gasteiger charge is 2.20. The number of methoxy groups -OCH3 is 1. The summed E-state index contributed by atoms with van der Waals surface area (Å²) in [5.41, 5.74) is 5.06. The molecule has 0 aliphatic carbocycles. The number of pyridine rings is 1. The van der Waals surface area contributed by atoms with Crippen molar-refractivity contribution in [2.75, 3.05) is 33.4 Å². The fourth-order valence-corrected chi connectivity index (χ4v) is 5.75. The van der Waals surface area contributed by atoms with E-state index >= 15 is 0 Å². The number of carbonyl (C=O) groups excluding carboxylic acids is 1. The summed E-state index contributed by atoms with van der Waals surface area (Å²) >= 11 is 6.49. The molecule has 1 N–H and O–H groups in total. The second-order valence-corrected chi connectivity index (χ2v) is 11.5. The van der Waals surface area contributed by atoms with Gasteiger partial charge in [-0.25, -0.2) is 0 Å². The number of halogens is 1. The summed E-state index contributed by atoms with van der Waals surface area (Å²) in [6, 6.07) is 18.7. The molecule has 10 heteroatoms. The van der Waals surface area contributed by atoms with Crippen molar-refractivity contribution in [2.24, 2.45) is 0 Å². The molecule has 4 aromatic rings. The number of carbonyl (C=O) groups is 1. The van der Waals surface area contributed by atoms with Crippen LogP contribution in [-0.4, -0.2) is 60.7 Å². The number of ether oxygens (including phenoxy) is 4. The maximum absolute atomic E-state index is 11.8. The standard InChI is InChI=1S/C36H36ClN3O6/c1-24-30(7-4-9-33(24)44-13-5-11-40-12-10-29(42)20-40)31-8-3-6-27(36(31)43-2)23-46-35-16-34(28(21-41)15-32(35)37)45-22-26-14-25(17-38)18-39-19-26/h3-4,6-9,14-16,18-19,21,29,42H,5,10-13,20,22-23H2,1-2H3. The minimum Gasteiger partial charge on any atom is -0.496 e. The molecule has 0 saturated carbocycles. The van der Waals surface area contributed by atoms with Gasteiger partial charge in [0.1, 0.15) is 42.3 Å². The van der Waals surface area contributed by atoms with Crippen molar-refractivity contribution < 1.29 is 28.8 Å². The third-order valence-electron chi connectivity index (χ3n) is 7.89. The van der Waals surface area contributed by atoms with Gasteiger partial charge < -0.3 is 29.0 Å². The third kappa shape index (κ3) is 7.96. The smallest absolute Gasteiger partial charge is 0.153 e. The van der Waals surface area contributed by atoms with Gasteiger partial charge in [0.05, 0.1) is 36.0 Å². The summed E-state index contributed by atoms with van der Waals surface area (Å²) in [4.78, 5) is 18.1. The molecule has 9 nitrogen and oxygen atoms in total. The number of hydrogen-bond acceptors (Lipinski definition) is 9. The Balaban J connectivity index is 1.29. The number of aromatic nitrogens is 1. The number of para-hydroxylation sites is 1. The van der Waals surface area contributed by atoms with Crippen molar-refractivity contribution in [3.8, 4) is 40.2 Å². The summed E-state index contributed by atoms with van der Waals surface area (Å²) < 4.78 is 24.1. The fraction of sp³-hybridized carbons (Fsp3) is 0.306. The highest BCUT2D eigenvalue weighted by atomic mass is 35.5. The van der Waals surface area contributed by atoms with Crippen LogP contribution in [-0.2, 0) is 13.2 Å². The largest absolute Gasteiger partial charge is 0.496 e. The quantitative estimate of drug-likeness (QED) is 0.123. The van der Waals surface area contributed by atoms with Gasteiger partial charge in [-0.1, -0.05) is 41.9 Å². The first-order chi connectivity index (χ1) is 22.4. The Bertz CT molecular complexity index is 1720. The molecule has 3 aromatic carbocycles. The van der Waals surface area contributed by atoms with E-state index in [1.165, 1.54) is 12.3 Å². The summed E-state index contributed by atoms with van der Waals surface area (Å²) in [5, 5.41) is 19.2. The molecule has 0 bridgehead atoms. The SMILES string of the molecule is COc1c(COc2cc(OCc3cncc(C#N)c3)c(C=O)cc2Cl)cccc1-c1cccc(OCCCN2CCC(O)C2)c1C. The second-order valence-electron chi connectivity index (χ2n) is 11.1. The number of hydrogen-bond donors (Lipinski definition) is 1. The predicted molar refractivity (Wildman–Crippen MR) is 175 cm³/mol. The number of nitriles is 1. The van der Waals surface area contributed by atoms with E-state index in [9.17, 15) is 9.90 Å². The van der Waals surface area contributed by atoms with Crippen molar-refractivity contribution in [1.29, 1.82) is 5.26 Å². The van der Waals surface area contributed by atoms with Crippen LogP contribution < -0.4 is 18.9 Å². The topological polar surface area (TPSA) is 114 Å². The van der Waals surface area contributed by atoms with E-state index in [0.29, 0.717) is 41.3 Å². The molecule has 46 heavy (non-hydrogen) atoms. The molecule has 0 radical (unpaired) electrons. The Morgan fingerprint density at radius 2 is 1.85 bits per heavy atom. The molecule has 5 rings (SSSR count). The average molecular weight is 642 g/mol. The number of rotatable bonds is 14. The molecule has 0 spiro atoms. The molecule has 1 unspecified atom stereocenters. The van der Waals surface area contributed by atoms with Gasteiger partial charge in [-0.05, 0) is 49.1 Å². The molecule has 1 aliphatic rings. The fourth-order valence-electron chi connectivity index (χ4n) is 5.52. The zero-order valence-corrected chi connectivity index (χ0v) is 26.6. The summed E-state index contributed by atoms with van der Waals surface area (Å²) in [6.45, 7) is 5.42. The number of likely N-dealkylation sites (tertiary alicyclic amines) is 1. The monoisotopic (exact) mass is 641 g/mol. The van der Waals surface area contributed by atoms with Gasteiger partial charge >= 0.3 is 0 Å². The Kier molecular flexibility index (Phi) is 11.1. The zero-order valence-electron chi connectivity index (χ0n) is 25.9. The lowest BCUT2D eigenvalue weighted by Gasteiger charge is -2.19. The van der Waals surface area contributed by atoms with Gasteiger partial charge in [0.2, 0.25) is 0 Å². The summed E-state index contributed by atoms with van der Waals surface area (Å²) in [5.74, 6) is 2.11. The minimum atomic E-state index is -0.217. The lowest BCUT2D eigenvalue weighted by atomic mass is 9.97. The normalized spacial score (nSPS) is 14.5. The maximum Gasteiger partial charge on any atom is 0.153 e. The molecular formula is C36H36ClN3O6. The summed E-state index contributed by atoms with van der Waals surface area (Å²) in [6.07, 6.45) is 5.23. The van der Waals surface area contributed by atoms with Crippen molar-refractivity contribution >= 4 is 17.9 Å². The van der Waals surface area contributed by atoms with Gasteiger partial charge in [0.25, 0.3) is 0 Å². The van der Waals surface area contributed by atoms with E-state index in [1.54, 1.807) is 25.4 Å². The van der Waals surface area contributed by atoms with Crippen LogP contribution in [0, 0.1) is 18.3 Å². The minimum absolute atomic E-state index is 0.102. The molecule has 238 valence electrons. The van der Waals surface area contributed by atoms with Crippen LogP contribution in [0.1, 0.15) is 45.5 Å². The van der Waals surface area contributed by atoms with Gasteiger partial charge in [-0.15, -0.1) is 0 Å². The Morgan fingerprint density at radius 1 is 1.04 bits per heavy atom. The van der Waals surface area contributed by atoms with Gasteiger partial charge in [-0.3, -0.25) is 9.78 Å². The highest BCUT2D eigenvalue weighted by molar-refractivity contribution is 6.32.